The van der Waals surface area contributed by atoms with Crippen LogP contribution in [0.1, 0.15) is 71.6 Å². The Morgan fingerprint density at radius 1 is 0.941 bits per heavy atom. The molecule has 0 bridgehead atoms. The molecule has 1 aliphatic carbocycles. The van der Waals surface area contributed by atoms with E-state index in [4.69, 9.17) is 0 Å². The van der Waals surface area contributed by atoms with E-state index in [0.29, 0.717) is 5.92 Å². The van der Waals surface area contributed by atoms with Gasteiger partial charge >= 0.3 is 65.3 Å². The number of hydrogen-bond donors (Lipinski definition) is 0. The predicted octanol–water partition coefficient (Wildman–Crippen LogP) is 4.05. The van der Waals surface area contributed by atoms with E-state index in [0.717, 1.165) is 15.2 Å². The molecule has 100 valence electrons. The van der Waals surface area contributed by atoms with Crippen LogP contribution in [0.4, 0.5) is 0 Å². The standard InChI is InChI=1S/C7H13O.2C4H9.Al/c8-6-7-4-2-1-3-5-7;2*1-3-4-2;/h7H,1-6H2;2*1,3-4H2,2H3;/q-1;;;+1. The molecule has 2 heteroatoms. The van der Waals surface area contributed by atoms with Gasteiger partial charge in [0.05, 0.1) is 0 Å². The molecule has 17 heavy (non-hydrogen) atoms. The maximum absolute atomic E-state index is 10.3. The van der Waals surface area contributed by atoms with Crippen molar-refractivity contribution < 1.29 is 5.11 Å². The SMILES string of the molecule is CCC[CH2][Al+][CH2]CCC.[O-]CC1CCCCC1. The number of unbranched alkanes of at least 4 members (excludes halogenated alkanes) is 2. The van der Waals surface area contributed by atoms with Gasteiger partial charge in [-0.25, -0.2) is 0 Å². The molecular formula is C15H31AlO. The zero-order chi connectivity index (χ0) is 12.8. The summed E-state index contributed by atoms with van der Waals surface area (Å²) in [5.41, 5.74) is 0. The van der Waals surface area contributed by atoms with Crippen molar-refractivity contribution in [2.75, 3.05) is 6.61 Å². The summed E-state index contributed by atoms with van der Waals surface area (Å²) < 4.78 is 0. The number of hydrogen-bond acceptors (Lipinski definition) is 1. The summed E-state index contributed by atoms with van der Waals surface area (Å²) in [5, 5.41) is 13.4. The second-order valence-corrected chi connectivity index (χ2v) is 6.98. The van der Waals surface area contributed by atoms with Crippen LogP contribution in [-0.4, -0.2) is 21.8 Å². The molecule has 1 aliphatic rings. The Bertz CT molecular complexity index is 127. The molecule has 0 atom stereocenters. The van der Waals surface area contributed by atoms with Gasteiger partial charge in [0.1, 0.15) is 0 Å². The molecule has 1 rings (SSSR count). The van der Waals surface area contributed by atoms with Crippen molar-refractivity contribution in [3.63, 3.8) is 0 Å². The van der Waals surface area contributed by atoms with Crippen molar-refractivity contribution in [3.8, 4) is 0 Å². The first-order valence-electron chi connectivity index (χ1n) is 7.74. The van der Waals surface area contributed by atoms with E-state index in [1.165, 1.54) is 68.4 Å². The van der Waals surface area contributed by atoms with Crippen LogP contribution in [-0.2, 0) is 0 Å². The van der Waals surface area contributed by atoms with Gasteiger partial charge in [-0.3, -0.25) is 0 Å². The molecule has 1 saturated carbocycles. The van der Waals surface area contributed by atoms with E-state index in [9.17, 15) is 5.11 Å². The van der Waals surface area contributed by atoms with Gasteiger partial charge in [-0.15, -0.1) is 6.61 Å². The van der Waals surface area contributed by atoms with E-state index >= 15 is 0 Å². The minimum absolute atomic E-state index is 0.167. The summed E-state index contributed by atoms with van der Waals surface area (Å²) >= 11 is 0.818. The first kappa shape index (κ1) is 17.5. The minimum atomic E-state index is 0.167. The molecule has 0 N–H and O–H groups in total. The summed E-state index contributed by atoms with van der Waals surface area (Å²) in [6, 6.07) is 0. The van der Waals surface area contributed by atoms with E-state index in [-0.39, 0.29) is 6.61 Å². The van der Waals surface area contributed by atoms with Crippen molar-refractivity contribution in [2.24, 2.45) is 5.92 Å². The summed E-state index contributed by atoms with van der Waals surface area (Å²) in [5.74, 6) is 0.531. The van der Waals surface area contributed by atoms with Gasteiger partial charge in [0, 0.05) is 0 Å². The molecule has 0 amide bonds. The minimum Gasteiger partial charge on any atom is -0.854 e. The monoisotopic (exact) mass is 254 g/mol. The average Bonchev–Trinajstić information content (AvgIpc) is 2.40. The van der Waals surface area contributed by atoms with Gasteiger partial charge in [0.2, 0.25) is 0 Å². The molecule has 0 heterocycles. The Morgan fingerprint density at radius 2 is 1.47 bits per heavy atom. The maximum atomic E-state index is 10.3. The topological polar surface area (TPSA) is 23.1 Å². The molecule has 0 aromatic carbocycles. The fourth-order valence-corrected chi connectivity index (χ4v) is 3.88. The molecule has 0 saturated heterocycles. The Balaban J connectivity index is 0.000000302. The normalized spacial score (nSPS) is 15.9. The fourth-order valence-electron chi connectivity index (χ4n) is 2.20. The molecule has 0 aromatic heterocycles. The molecule has 0 aromatic rings. The molecule has 0 spiro atoms. The number of rotatable bonds is 7. The van der Waals surface area contributed by atoms with Gasteiger partial charge in [0.15, 0.2) is 0 Å². The van der Waals surface area contributed by atoms with Gasteiger partial charge in [-0.2, -0.15) is 0 Å². The smallest absolute Gasteiger partial charge is 0.0517 e. The summed E-state index contributed by atoms with van der Waals surface area (Å²) in [6.45, 7) is 4.72. The predicted molar refractivity (Wildman–Crippen MR) is 76.6 cm³/mol. The molecular weight excluding hydrogens is 223 g/mol. The zero-order valence-corrected chi connectivity index (χ0v) is 13.2. The first-order chi connectivity index (χ1) is 8.35. The summed E-state index contributed by atoms with van der Waals surface area (Å²) in [4.78, 5) is 0. The van der Waals surface area contributed by atoms with Gasteiger partial charge in [-0.1, -0.05) is 38.0 Å². The van der Waals surface area contributed by atoms with Crippen LogP contribution < -0.4 is 5.11 Å². The van der Waals surface area contributed by atoms with Crippen molar-refractivity contribution in [1.29, 1.82) is 0 Å². The van der Waals surface area contributed by atoms with Crippen molar-refractivity contribution in [2.45, 2.75) is 82.2 Å². The summed E-state index contributed by atoms with van der Waals surface area (Å²) in [7, 11) is 0. The molecule has 0 radical (unpaired) electrons. The van der Waals surface area contributed by atoms with Crippen LogP contribution in [0.15, 0.2) is 0 Å². The average molecular weight is 254 g/mol. The zero-order valence-electron chi connectivity index (χ0n) is 12.0. The Morgan fingerprint density at radius 3 is 1.82 bits per heavy atom. The van der Waals surface area contributed by atoms with Crippen molar-refractivity contribution >= 4 is 15.2 Å². The van der Waals surface area contributed by atoms with E-state index < -0.39 is 0 Å². The summed E-state index contributed by atoms with van der Waals surface area (Å²) in [6.07, 6.45) is 12.1. The second-order valence-electron chi connectivity index (χ2n) is 5.24. The van der Waals surface area contributed by atoms with Crippen LogP contribution in [0.25, 0.3) is 0 Å². The van der Waals surface area contributed by atoms with E-state index in [1.807, 2.05) is 0 Å². The van der Waals surface area contributed by atoms with Crippen LogP contribution in [0, 0.1) is 5.92 Å². The van der Waals surface area contributed by atoms with Gasteiger partial charge in [0.25, 0.3) is 0 Å². The quantitative estimate of drug-likeness (QED) is 0.496. The third kappa shape index (κ3) is 12.7. The first-order valence-corrected chi connectivity index (χ1v) is 9.38. The largest absolute Gasteiger partial charge is 0.854 e. The van der Waals surface area contributed by atoms with Crippen LogP contribution in [0.2, 0.25) is 10.6 Å². The fraction of sp³-hybridized carbons (Fsp3) is 1.00. The Hall–Kier alpha value is 0.492. The van der Waals surface area contributed by atoms with Crippen LogP contribution in [0.5, 0.6) is 0 Å². The maximum Gasteiger partial charge on any atom is -0.0517 e. The second kappa shape index (κ2) is 14.6. The molecule has 0 aliphatic heterocycles. The van der Waals surface area contributed by atoms with Crippen LogP contribution in [0.3, 0.4) is 0 Å². The molecule has 1 fully saturated rings. The van der Waals surface area contributed by atoms with Gasteiger partial charge in [-0.05, 0) is 0 Å². The third-order valence-electron chi connectivity index (χ3n) is 3.48. The Kier molecular flexibility index (Phi) is 15.0. The van der Waals surface area contributed by atoms with E-state index in [2.05, 4.69) is 13.8 Å². The van der Waals surface area contributed by atoms with E-state index in [1.54, 1.807) is 0 Å². The van der Waals surface area contributed by atoms with Gasteiger partial charge < -0.3 is 5.11 Å². The molecule has 1 nitrogen and oxygen atoms in total. The van der Waals surface area contributed by atoms with Crippen LogP contribution >= 0.6 is 0 Å². The molecule has 0 unspecified atom stereocenters. The van der Waals surface area contributed by atoms with Crippen molar-refractivity contribution in [1.82, 2.24) is 0 Å². The third-order valence-corrected chi connectivity index (χ3v) is 5.12. The van der Waals surface area contributed by atoms with Crippen molar-refractivity contribution in [3.05, 3.63) is 0 Å². The Labute approximate surface area is 115 Å².